The minimum absolute atomic E-state index is 0.00725. The Morgan fingerprint density at radius 1 is 1.56 bits per heavy atom. The maximum Gasteiger partial charge on any atom is 0.419 e. The van der Waals surface area contributed by atoms with Crippen LogP contribution < -0.4 is 11.5 Å². The lowest BCUT2D eigenvalue weighted by Crippen LogP contribution is -2.17. The van der Waals surface area contributed by atoms with Crippen LogP contribution in [0.1, 0.15) is 12.5 Å². The zero-order valence-corrected chi connectivity index (χ0v) is 9.91. The van der Waals surface area contributed by atoms with E-state index in [2.05, 4.69) is 0 Å². The molecular formula is C11H13ClN2O2. The van der Waals surface area contributed by atoms with Gasteiger partial charge in [0.05, 0.1) is 5.52 Å². The van der Waals surface area contributed by atoms with E-state index in [0.717, 1.165) is 5.56 Å². The maximum absolute atomic E-state index is 11.4. The standard InChI is InChI=1S/C11H13ClN2O2/c1-6(13)3-7-4-8(12)5-9-10(7)16-11(15)14(9)2/h4-6H,3,13H2,1-2H3. The van der Waals surface area contributed by atoms with Gasteiger partial charge in [0.15, 0.2) is 5.58 Å². The predicted octanol–water partition coefficient (Wildman–Crippen LogP) is 1.67. The molecule has 2 aromatic rings. The van der Waals surface area contributed by atoms with Crippen molar-refractivity contribution in [1.29, 1.82) is 0 Å². The average Bonchev–Trinajstić information content (AvgIpc) is 2.44. The van der Waals surface area contributed by atoms with Crippen LogP contribution in [0.25, 0.3) is 11.1 Å². The van der Waals surface area contributed by atoms with E-state index in [-0.39, 0.29) is 11.8 Å². The summed E-state index contributed by atoms with van der Waals surface area (Å²) < 4.78 is 6.62. The molecule has 86 valence electrons. The van der Waals surface area contributed by atoms with Crippen LogP contribution in [0.15, 0.2) is 21.3 Å². The SMILES string of the molecule is CC(N)Cc1cc(Cl)cc2c1oc(=O)n2C. The Morgan fingerprint density at radius 2 is 2.25 bits per heavy atom. The Kier molecular flexibility index (Phi) is 2.78. The molecule has 1 aromatic carbocycles. The summed E-state index contributed by atoms with van der Waals surface area (Å²) in [5.74, 6) is -0.386. The van der Waals surface area contributed by atoms with E-state index in [1.807, 2.05) is 6.92 Å². The molecule has 2 N–H and O–H groups in total. The second-order valence-electron chi connectivity index (χ2n) is 4.02. The summed E-state index contributed by atoms with van der Waals surface area (Å²) in [7, 11) is 1.65. The molecule has 0 aliphatic heterocycles. The molecule has 0 aliphatic rings. The molecule has 2 rings (SSSR count). The number of nitrogens with two attached hydrogens (primary N) is 1. The summed E-state index contributed by atoms with van der Waals surface area (Å²) in [5.41, 5.74) is 7.89. The van der Waals surface area contributed by atoms with E-state index in [0.29, 0.717) is 22.5 Å². The fourth-order valence-corrected chi connectivity index (χ4v) is 1.99. The van der Waals surface area contributed by atoms with Crippen molar-refractivity contribution in [2.45, 2.75) is 19.4 Å². The normalized spacial score (nSPS) is 13.2. The zero-order chi connectivity index (χ0) is 11.9. The van der Waals surface area contributed by atoms with Gasteiger partial charge >= 0.3 is 5.76 Å². The van der Waals surface area contributed by atoms with E-state index >= 15 is 0 Å². The first-order valence-electron chi connectivity index (χ1n) is 5.02. The molecule has 1 heterocycles. The summed E-state index contributed by atoms with van der Waals surface area (Å²) in [6, 6.07) is 3.50. The molecule has 1 aromatic heterocycles. The molecule has 1 unspecified atom stereocenters. The minimum atomic E-state index is -0.386. The Bertz CT molecular complexity index is 583. The van der Waals surface area contributed by atoms with Crippen LogP contribution in [0.5, 0.6) is 0 Å². The second-order valence-corrected chi connectivity index (χ2v) is 4.46. The minimum Gasteiger partial charge on any atom is -0.407 e. The number of benzene rings is 1. The smallest absolute Gasteiger partial charge is 0.407 e. The van der Waals surface area contributed by atoms with E-state index < -0.39 is 0 Å². The number of oxazole rings is 1. The topological polar surface area (TPSA) is 61.2 Å². The van der Waals surface area contributed by atoms with Crippen LogP contribution in [0.4, 0.5) is 0 Å². The molecule has 0 spiro atoms. The molecule has 0 amide bonds. The Hall–Kier alpha value is -1.26. The van der Waals surface area contributed by atoms with Gasteiger partial charge in [0.25, 0.3) is 0 Å². The van der Waals surface area contributed by atoms with Crippen LogP contribution >= 0.6 is 11.6 Å². The number of halogens is 1. The molecule has 1 atom stereocenters. The third kappa shape index (κ3) is 1.86. The molecular weight excluding hydrogens is 228 g/mol. The molecule has 0 saturated carbocycles. The summed E-state index contributed by atoms with van der Waals surface area (Å²) in [6.07, 6.45) is 0.629. The highest BCUT2D eigenvalue weighted by molar-refractivity contribution is 6.31. The largest absolute Gasteiger partial charge is 0.419 e. The van der Waals surface area contributed by atoms with Gasteiger partial charge in [0, 0.05) is 23.7 Å². The molecule has 0 radical (unpaired) electrons. The highest BCUT2D eigenvalue weighted by atomic mass is 35.5. The third-order valence-electron chi connectivity index (χ3n) is 2.48. The summed E-state index contributed by atoms with van der Waals surface area (Å²) >= 11 is 5.99. The fraction of sp³-hybridized carbons (Fsp3) is 0.364. The molecule has 4 nitrogen and oxygen atoms in total. The average molecular weight is 241 g/mol. The van der Waals surface area contributed by atoms with E-state index in [4.69, 9.17) is 21.8 Å². The lowest BCUT2D eigenvalue weighted by molar-refractivity contribution is 0.524. The quantitative estimate of drug-likeness (QED) is 0.869. The molecule has 0 fully saturated rings. The Labute approximate surface area is 97.6 Å². The van der Waals surface area contributed by atoms with Crippen molar-refractivity contribution in [1.82, 2.24) is 4.57 Å². The van der Waals surface area contributed by atoms with Crippen molar-refractivity contribution in [3.8, 4) is 0 Å². The first kappa shape index (κ1) is 11.2. The van der Waals surface area contributed by atoms with E-state index in [1.54, 1.807) is 19.2 Å². The van der Waals surface area contributed by atoms with Crippen LogP contribution in [-0.2, 0) is 13.5 Å². The van der Waals surface area contributed by atoms with Crippen molar-refractivity contribution in [2.75, 3.05) is 0 Å². The Morgan fingerprint density at radius 3 is 2.88 bits per heavy atom. The lowest BCUT2D eigenvalue weighted by atomic mass is 10.1. The van der Waals surface area contributed by atoms with Crippen LogP contribution in [0.2, 0.25) is 5.02 Å². The van der Waals surface area contributed by atoms with Crippen LogP contribution in [0.3, 0.4) is 0 Å². The van der Waals surface area contributed by atoms with Gasteiger partial charge in [-0.1, -0.05) is 11.6 Å². The molecule has 0 saturated heterocycles. The number of aromatic nitrogens is 1. The second kappa shape index (κ2) is 3.96. The maximum atomic E-state index is 11.4. The summed E-state index contributed by atoms with van der Waals surface area (Å²) in [6.45, 7) is 1.90. The number of hydrogen-bond acceptors (Lipinski definition) is 3. The van der Waals surface area contributed by atoms with Crippen molar-refractivity contribution >= 4 is 22.7 Å². The predicted molar refractivity (Wildman–Crippen MR) is 63.8 cm³/mol. The van der Waals surface area contributed by atoms with Gasteiger partial charge in [-0.3, -0.25) is 4.57 Å². The fourth-order valence-electron chi connectivity index (χ4n) is 1.75. The van der Waals surface area contributed by atoms with Crippen molar-refractivity contribution in [3.05, 3.63) is 33.3 Å². The van der Waals surface area contributed by atoms with Crippen LogP contribution in [0, 0.1) is 0 Å². The lowest BCUT2D eigenvalue weighted by Gasteiger charge is -2.06. The van der Waals surface area contributed by atoms with Gasteiger partial charge in [-0.05, 0) is 25.5 Å². The van der Waals surface area contributed by atoms with Crippen LogP contribution in [-0.4, -0.2) is 10.6 Å². The van der Waals surface area contributed by atoms with Crippen molar-refractivity contribution in [3.63, 3.8) is 0 Å². The zero-order valence-electron chi connectivity index (χ0n) is 9.16. The highest BCUT2D eigenvalue weighted by Gasteiger charge is 2.13. The van der Waals surface area contributed by atoms with E-state index in [9.17, 15) is 4.79 Å². The van der Waals surface area contributed by atoms with Gasteiger partial charge in [0.1, 0.15) is 0 Å². The third-order valence-corrected chi connectivity index (χ3v) is 2.70. The molecule has 0 bridgehead atoms. The van der Waals surface area contributed by atoms with Crippen molar-refractivity contribution in [2.24, 2.45) is 12.8 Å². The van der Waals surface area contributed by atoms with Gasteiger partial charge in [-0.2, -0.15) is 0 Å². The van der Waals surface area contributed by atoms with Gasteiger partial charge < -0.3 is 10.2 Å². The molecule has 0 aliphatic carbocycles. The Balaban J connectivity index is 2.73. The van der Waals surface area contributed by atoms with Crippen molar-refractivity contribution < 1.29 is 4.42 Å². The number of hydrogen-bond donors (Lipinski definition) is 1. The monoisotopic (exact) mass is 240 g/mol. The summed E-state index contributed by atoms with van der Waals surface area (Å²) in [4.78, 5) is 11.4. The van der Waals surface area contributed by atoms with E-state index in [1.165, 1.54) is 4.57 Å². The van der Waals surface area contributed by atoms with Gasteiger partial charge in [-0.15, -0.1) is 0 Å². The molecule has 16 heavy (non-hydrogen) atoms. The number of rotatable bonds is 2. The first-order valence-corrected chi connectivity index (χ1v) is 5.40. The summed E-state index contributed by atoms with van der Waals surface area (Å²) in [5, 5.41) is 0.583. The number of aryl methyl sites for hydroxylation is 1. The molecule has 5 heteroatoms. The first-order chi connectivity index (χ1) is 7.49. The number of fused-ring (bicyclic) bond motifs is 1. The number of nitrogens with zero attached hydrogens (tertiary/aromatic N) is 1. The van der Waals surface area contributed by atoms with Gasteiger partial charge in [-0.25, -0.2) is 4.79 Å². The van der Waals surface area contributed by atoms with Gasteiger partial charge in [0.2, 0.25) is 0 Å². The highest BCUT2D eigenvalue weighted by Crippen LogP contribution is 2.23.